The summed E-state index contributed by atoms with van der Waals surface area (Å²) in [6, 6.07) is 5.80. The van der Waals surface area contributed by atoms with Crippen LogP contribution in [0.2, 0.25) is 0 Å². The van der Waals surface area contributed by atoms with Gasteiger partial charge in [0, 0.05) is 47.2 Å². The topological polar surface area (TPSA) is 12.9 Å². The van der Waals surface area contributed by atoms with E-state index in [1.807, 2.05) is 18.2 Å². The Balaban J connectivity index is 0.000000640. The Bertz CT molecular complexity index is 154. The summed E-state index contributed by atoms with van der Waals surface area (Å²) in [4.78, 5) is 4.02. The van der Waals surface area contributed by atoms with Crippen LogP contribution >= 0.6 is 12.6 Å². The zero-order chi connectivity index (χ0) is 5.82. The number of hydrogen-bond donors (Lipinski definition) is 1. The van der Waals surface area contributed by atoms with E-state index in [4.69, 9.17) is 0 Å². The fourth-order valence-corrected chi connectivity index (χ4v) is 0.679. The first-order valence-electron chi connectivity index (χ1n) is 2.44. The van der Waals surface area contributed by atoms with E-state index < -0.39 is 0 Å². The summed E-state index contributed by atoms with van der Waals surface area (Å²) < 4.78 is 0. The van der Waals surface area contributed by atoms with Crippen LogP contribution in [0.3, 0.4) is 0 Å². The zero-order valence-corrected chi connectivity index (χ0v) is 8.31. The molecule has 0 fully saturated rings. The minimum atomic E-state index is 0. The second-order valence-electron chi connectivity index (χ2n) is 1.48. The van der Waals surface area contributed by atoms with E-state index in [0.29, 0.717) is 0 Å². The largest absolute Gasteiger partial charge is 0.260 e. The predicted molar refractivity (Wildman–Crippen MR) is 42.7 cm³/mol. The van der Waals surface area contributed by atoms with Gasteiger partial charge in [0.15, 0.2) is 0 Å². The van der Waals surface area contributed by atoms with Gasteiger partial charge in [-0.15, -0.1) is 0 Å². The summed E-state index contributed by atoms with van der Waals surface area (Å²) in [5, 5.41) is 0. The average molecular weight is 148 g/mol. The van der Waals surface area contributed by atoms with Crippen molar-refractivity contribution in [3.63, 3.8) is 0 Å². The van der Waals surface area contributed by atoms with Gasteiger partial charge >= 0.3 is 0 Å². The molecule has 3 heteroatoms. The number of hydrogen-bond acceptors (Lipinski definition) is 2. The van der Waals surface area contributed by atoms with Crippen LogP contribution in [0.25, 0.3) is 0 Å². The molecule has 0 unspecified atom stereocenters. The van der Waals surface area contributed by atoms with Gasteiger partial charge in [-0.3, -0.25) is 4.98 Å². The van der Waals surface area contributed by atoms with E-state index in [1.54, 1.807) is 6.20 Å². The van der Waals surface area contributed by atoms with E-state index in [9.17, 15) is 0 Å². The molecule has 1 heterocycles. The molecule has 0 saturated carbocycles. The molecule has 1 rings (SSSR count). The molecular formula is C6H7NNaS. The summed E-state index contributed by atoms with van der Waals surface area (Å²) in [5.41, 5.74) is 1.02. The van der Waals surface area contributed by atoms with Crippen molar-refractivity contribution < 1.29 is 0 Å². The Morgan fingerprint density at radius 2 is 2.22 bits per heavy atom. The van der Waals surface area contributed by atoms with Crippen molar-refractivity contribution in [2.75, 3.05) is 0 Å². The molecule has 0 bridgehead atoms. The van der Waals surface area contributed by atoms with Crippen LogP contribution in [0.15, 0.2) is 24.4 Å². The minimum Gasteiger partial charge on any atom is -0.260 e. The molecule has 0 atom stereocenters. The van der Waals surface area contributed by atoms with Crippen LogP contribution in [-0.4, -0.2) is 34.5 Å². The quantitative estimate of drug-likeness (QED) is 0.465. The summed E-state index contributed by atoms with van der Waals surface area (Å²) >= 11 is 4.05. The van der Waals surface area contributed by atoms with Gasteiger partial charge in [-0.1, -0.05) is 6.07 Å². The number of nitrogens with zero attached hydrogens (tertiary/aromatic N) is 1. The van der Waals surface area contributed by atoms with Gasteiger partial charge in [-0.25, -0.2) is 0 Å². The Kier molecular flexibility index (Phi) is 5.59. The molecule has 9 heavy (non-hydrogen) atoms. The first-order valence-corrected chi connectivity index (χ1v) is 3.07. The Morgan fingerprint density at radius 3 is 2.56 bits per heavy atom. The van der Waals surface area contributed by atoms with Gasteiger partial charge in [0.2, 0.25) is 0 Å². The third kappa shape index (κ3) is 3.26. The van der Waals surface area contributed by atoms with E-state index in [1.165, 1.54) is 0 Å². The number of rotatable bonds is 1. The van der Waals surface area contributed by atoms with Crippen molar-refractivity contribution in [2.45, 2.75) is 5.75 Å². The van der Waals surface area contributed by atoms with Crippen LogP contribution in [0.1, 0.15) is 5.69 Å². The standard InChI is InChI=1S/C6H7NS.Na/c8-5-6-3-1-2-4-7-6;/h1-4,8H,5H2;. The molecule has 0 saturated heterocycles. The van der Waals surface area contributed by atoms with Gasteiger partial charge in [-0.2, -0.15) is 12.6 Å². The molecule has 0 spiro atoms. The van der Waals surface area contributed by atoms with E-state index in [0.717, 1.165) is 11.4 Å². The van der Waals surface area contributed by atoms with Gasteiger partial charge in [0.1, 0.15) is 0 Å². The first-order chi connectivity index (χ1) is 3.93. The summed E-state index contributed by atoms with van der Waals surface area (Å²) in [5.74, 6) is 0.723. The maximum Gasteiger partial charge on any atom is 0.0499 e. The van der Waals surface area contributed by atoms with Gasteiger partial charge < -0.3 is 0 Å². The van der Waals surface area contributed by atoms with Gasteiger partial charge in [0.05, 0.1) is 0 Å². The number of aromatic nitrogens is 1. The smallest absolute Gasteiger partial charge is 0.0499 e. The van der Waals surface area contributed by atoms with Crippen molar-refractivity contribution in [3.8, 4) is 0 Å². The average Bonchev–Trinajstić information content (AvgIpc) is 1.90. The monoisotopic (exact) mass is 148 g/mol. The Labute approximate surface area is 82.6 Å². The van der Waals surface area contributed by atoms with E-state index >= 15 is 0 Å². The summed E-state index contributed by atoms with van der Waals surface area (Å²) in [6.07, 6.45) is 1.77. The van der Waals surface area contributed by atoms with Crippen molar-refractivity contribution in [1.82, 2.24) is 4.98 Å². The normalized spacial score (nSPS) is 8.11. The molecule has 0 aliphatic rings. The molecule has 1 nitrogen and oxygen atoms in total. The van der Waals surface area contributed by atoms with E-state index in [2.05, 4.69) is 17.6 Å². The molecule has 0 aliphatic carbocycles. The summed E-state index contributed by atoms with van der Waals surface area (Å²) in [6.45, 7) is 0. The molecule has 0 amide bonds. The zero-order valence-electron chi connectivity index (χ0n) is 5.41. The maximum atomic E-state index is 4.05. The SMILES string of the molecule is SCc1ccccn1.[Na]. The van der Waals surface area contributed by atoms with Crippen LogP contribution in [0, 0.1) is 0 Å². The third-order valence-corrected chi connectivity index (χ3v) is 1.21. The first kappa shape index (κ1) is 9.50. The van der Waals surface area contributed by atoms with E-state index in [-0.39, 0.29) is 29.6 Å². The maximum absolute atomic E-state index is 4.05. The number of thiol groups is 1. The molecule has 0 aliphatic heterocycles. The fourth-order valence-electron chi connectivity index (χ4n) is 0.492. The molecular weight excluding hydrogens is 141 g/mol. The van der Waals surface area contributed by atoms with Gasteiger partial charge in [0.25, 0.3) is 0 Å². The van der Waals surface area contributed by atoms with Crippen molar-refractivity contribution in [3.05, 3.63) is 30.1 Å². The Hall–Kier alpha value is 0.500. The molecule has 1 aromatic heterocycles. The van der Waals surface area contributed by atoms with Crippen molar-refractivity contribution in [2.24, 2.45) is 0 Å². The molecule has 1 radical (unpaired) electrons. The van der Waals surface area contributed by atoms with Crippen LogP contribution in [0.5, 0.6) is 0 Å². The van der Waals surface area contributed by atoms with Crippen molar-refractivity contribution >= 4 is 42.2 Å². The van der Waals surface area contributed by atoms with Crippen molar-refractivity contribution in [1.29, 1.82) is 0 Å². The minimum absolute atomic E-state index is 0. The molecule has 1 aromatic rings. The summed E-state index contributed by atoms with van der Waals surface area (Å²) in [7, 11) is 0. The fraction of sp³-hybridized carbons (Fsp3) is 0.167. The molecule has 0 N–H and O–H groups in total. The Morgan fingerprint density at radius 1 is 1.44 bits per heavy atom. The van der Waals surface area contributed by atoms with Crippen LogP contribution in [0.4, 0.5) is 0 Å². The van der Waals surface area contributed by atoms with Crippen LogP contribution in [-0.2, 0) is 5.75 Å². The number of pyridine rings is 1. The second-order valence-corrected chi connectivity index (χ2v) is 1.80. The molecule has 43 valence electrons. The second kappa shape index (κ2) is 5.30. The van der Waals surface area contributed by atoms with Crippen LogP contribution < -0.4 is 0 Å². The van der Waals surface area contributed by atoms with Gasteiger partial charge in [-0.05, 0) is 12.1 Å². The molecule has 0 aromatic carbocycles. The third-order valence-electron chi connectivity index (χ3n) is 0.888. The predicted octanol–water partition coefficient (Wildman–Crippen LogP) is 1.13.